The highest BCUT2D eigenvalue weighted by Gasteiger charge is 2.25. The Balaban J connectivity index is 1.92. The van der Waals surface area contributed by atoms with E-state index in [0.29, 0.717) is 12.1 Å². The highest BCUT2D eigenvalue weighted by molar-refractivity contribution is 5.85. The van der Waals surface area contributed by atoms with Gasteiger partial charge < -0.3 is 10.3 Å². The van der Waals surface area contributed by atoms with Gasteiger partial charge in [-0.2, -0.15) is 0 Å². The molecule has 104 valence electrons. The standard InChI is InChI=1S/C18H22N2/c1-3-8-13(4-2)19-17-12-7-10-15-14-9-5-6-11-16(14)20-18(15)17/h1,5-6,9,11,13,17,19-20H,4,7-8,10,12H2,2H3. The van der Waals surface area contributed by atoms with E-state index in [2.05, 4.69) is 47.4 Å². The molecular weight excluding hydrogens is 244 g/mol. The molecular formula is C18H22N2. The van der Waals surface area contributed by atoms with Crippen LogP contribution in [0.15, 0.2) is 24.3 Å². The molecule has 2 aromatic rings. The van der Waals surface area contributed by atoms with E-state index in [4.69, 9.17) is 6.42 Å². The van der Waals surface area contributed by atoms with Crippen molar-refractivity contribution in [3.63, 3.8) is 0 Å². The summed E-state index contributed by atoms with van der Waals surface area (Å²) in [5.41, 5.74) is 4.14. The molecule has 1 aromatic carbocycles. The first kappa shape index (κ1) is 13.3. The molecule has 2 unspecified atom stereocenters. The second-order valence-electron chi connectivity index (χ2n) is 5.69. The Bertz CT molecular complexity index is 632. The first-order valence-electron chi connectivity index (χ1n) is 7.62. The van der Waals surface area contributed by atoms with Gasteiger partial charge in [0.15, 0.2) is 0 Å². The van der Waals surface area contributed by atoms with Crippen LogP contribution in [0.2, 0.25) is 0 Å². The van der Waals surface area contributed by atoms with Crippen LogP contribution in [0.4, 0.5) is 0 Å². The maximum absolute atomic E-state index is 5.47. The Morgan fingerprint density at radius 1 is 1.45 bits per heavy atom. The van der Waals surface area contributed by atoms with E-state index in [9.17, 15) is 0 Å². The maximum atomic E-state index is 5.47. The van der Waals surface area contributed by atoms with E-state index in [1.807, 2.05) is 0 Å². The van der Waals surface area contributed by atoms with Crippen molar-refractivity contribution < 1.29 is 0 Å². The molecule has 2 nitrogen and oxygen atoms in total. The van der Waals surface area contributed by atoms with Crippen molar-refractivity contribution in [2.24, 2.45) is 0 Å². The smallest absolute Gasteiger partial charge is 0.0478 e. The number of nitrogens with one attached hydrogen (secondary N) is 2. The van der Waals surface area contributed by atoms with Gasteiger partial charge in [0.1, 0.15) is 0 Å². The van der Waals surface area contributed by atoms with E-state index >= 15 is 0 Å². The third-order valence-electron chi connectivity index (χ3n) is 4.41. The third-order valence-corrected chi connectivity index (χ3v) is 4.41. The first-order chi connectivity index (χ1) is 9.83. The molecule has 2 N–H and O–H groups in total. The molecule has 1 aliphatic rings. The lowest BCUT2D eigenvalue weighted by molar-refractivity contribution is 0.385. The molecule has 2 atom stereocenters. The molecule has 0 saturated carbocycles. The molecule has 3 rings (SSSR count). The van der Waals surface area contributed by atoms with E-state index in [1.165, 1.54) is 41.4 Å². The fraction of sp³-hybridized carbons (Fsp3) is 0.444. The average molecular weight is 266 g/mol. The normalized spacial score (nSPS) is 19.5. The van der Waals surface area contributed by atoms with Crippen LogP contribution in [0, 0.1) is 12.3 Å². The van der Waals surface area contributed by atoms with Gasteiger partial charge in [-0.25, -0.2) is 0 Å². The molecule has 0 amide bonds. The van der Waals surface area contributed by atoms with Gasteiger partial charge in [0.05, 0.1) is 0 Å². The van der Waals surface area contributed by atoms with Gasteiger partial charge in [-0.15, -0.1) is 12.3 Å². The van der Waals surface area contributed by atoms with Crippen LogP contribution in [0.3, 0.4) is 0 Å². The third kappa shape index (κ3) is 2.34. The molecule has 0 bridgehead atoms. The summed E-state index contributed by atoms with van der Waals surface area (Å²) >= 11 is 0. The van der Waals surface area contributed by atoms with Crippen molar-refractivity contribution in [1.29, 1.82) is 0 Å². The van der Waals surface area contributed by atoms with E-state index < -0.39 is 0 Å². The van der Waals surface area contributed by atoms with Crippen molar-refractivity contribution in [1.82, 2.24) is 10.3 Å². The SMILES string of the molecule is C#CCC(CC)NC1CCCc2c1[nH]c1ccccc21. The predicted molar refractivity (Wildman–Crippen MR) is 84.6 cm³/mol. The minimum absolute atomic E-state index is 0.419. The lowest BCUT2D eigenvalue weighted by Gasteiger charge is -2.27. The van der Waals surface area contributed by atoms with Crippen molar-refractivity contribution >= 4 is 10.9 Å². The largest absolute Gasteiger partial charge is 0.357 e. The number of hydrogen-bond donors (Lipinski definition) is 2. The zero-order valence-corrected chi connectivity index (χ0v) is 12.1. The Morgan fingerprint density at radius 3 is 3.10 bits per heavy atom. The summed E-state index contributed by atoms with van der Waals surface area (Å²) in [6.45, 7) is 2.20. The number of aromatic amines is 1. The van der Waals surface area contributed by atoms with Gasteiger partial charge in [0.25, 0.3) is 0 Å². The number of H-pyrrole nitrogens is 1. The van der Waals surface area contributed by atoms with Crippen LogP contribution in [0.5, 0.6) is 0 Å². The molecule has 1 aliphatic carbocycles. The van der Waals surface area contributed by atoms with Crippen LogP contribution in [0.25, 0.3) is 10.9 Å². The highest BCUT2D eigenvalue weighted by Crippen LogP contribution is 2.35. The number of terminal acetylenes is 1. The minimum Gasteiger partial charge on any atom is -0.357 e. The summed E-state index contributed by atoms with van der Waals surface area (Å²) in [6.07, 6.45) is 11.0. The van der Waals surface area contributed by atoms with E-state index in [-0.39, 0.29) is 0 Å². The number of rotatable bonds is 4. The van der Waals surface area contributed by atoms with Crippen LogP contribution in [0.1, 0.15) is 49.9 Å². The summed E-state index contributed by atoms with van der Waals surface area (Å²) in [4.78, 5) is 3.62. The lowest BCUT2D eigenvalue weighted by Crippen LogP contribution is -2.34. The van der Waals surface area contributed by atoms with Gasteiger partial charge in [-0.05, 0) is 37.3 Å². The van der Waals surface area contributed by atoms with Gasteiger partial charge in [0.2, 0.25) is 0 Å². The summed E-state index contributed by atoms with van der Waals surface area (Å²) in [5, 5.41) is 5.14. The van der Waals surface area contributed by atoms with Crippen LogP contribution in [-0.4, -0.2) is 11.0 Å². The number of fused-ring (bicyclic) bond motifs is 3. The Kier molecular flexibility index (Phi) is 3.80. The molecule has 0 spiro atoms. The topological polar surface area (TPSA) is 27.8 Å². The minimum atomic E-state index is 0.419. The first-order valence-corrected chi connectivity index (χ1v) is 7.62. The molecule has 20 heavy (non-hydrogen) atoms. The van der Waals surface area contributed by atoms with Crippen molar-refractivity contribution in [3.05, 3.63) is 35.5 Å². The second kappa shape index (κ2) is 5.73. The number of benzene rings is 1. The number of aryl methyl sites for hydroxylation is 1. The molecule has 0 aliphatic heterocycles. The number of aromatic nitrogens is 1. The monoisotopic (exact) mass is 266 g/mol. The zero-order valence-electron chi connectivity index (χ0n) is 12.1. The summed E-state index contributed by atoms with van der Waals surface area (Å²) in [5.74, 6) is 2.79. The van der Waals surface area contributed by atoms with Crippen LogP contribution < -0.4 is 5.32 Å². The number of para-hydroxylation sites is 1. The summed E-state index contributed by atoms with van der Waals surface area (Å²) < 4.78 is 0. The fourth-order valence-corrected chi connectivity index (χ4v) is 3.33. The Labute approximate surface area is 121 Å². The van der Waals surface area contributed by atoms with E-state index in [0.717, 1.165) is 12.8 Å². The van der Waals surface area contributed by atoms with Crippen molar-refractivity contribution in [2.75, 3.05) is 0 Å². The van der Waals surface area contributed by atoms with Gasteiger partial charge in [-0.1, -0.05) is 25.1 Å². The summed E-state index contributed by atoms with van der Waals surface area (Å²) in [7, 11) is 0. The molecule has 1 heterocycles. The van der Waals surface area contributed by atoms with Crippen LogP contribution >= 0.6 is 0 Å². The molecule has 0 saturated heterocycles. The molecule has 1 aromatic heterocycles. The second-order valence-corrected chi connectivity index (χ2v) is 5.69. The molecule has 0 radical (unpaired) electrons. The lowest BCUT2D eigenvalue weighted by atomic mass is 9.91. The van der Waals surface area contributed by atoms with Crippen molar-refractivity contribution in [2.45, 2.75) is 51.1 Å². The summed E-state index contributed by atoms with van der Waals surface area (Å²) in [6, 6.07) is 9.46. The van der Waals surface area contributed by atoms with E-state index in [1.54, 1.807) is 0 Å². The Morgan fingerprint density at radius 2 is 2.30 bits per heavy atom. The van der Waals surface area contributed by atoms with Crippen molar-refractivity contribution in [3.8, 4) is 12.3 Å². The van der Waals surface area contributed by atoms with Gasteiger partial charge >= 0.3 is 0 Å². The average Bonchev–Trinajstić information content (AvgIpc) is 2.86. The zero-order chi connectivity index (χ0) is 13.9. The Hall–Kier alpha value is -1.72. The van der Waals surface area contributed by atoms with Crippen LogP contribution in [-0.2, 0) is 6.42 Å². The fourth-order valence-electron chi connectivity index (χ4n) is 3.33. The number of hydrogen-bond acceptors (Lipinski definition) is 1. The maximum Gasteiger partial charge on any atom is 0.0478 e. The highest BCUT2D eigenvalue weighted by atomic mass is 15.0. The van der Waals surface area contributed by atoms with Gasteiger partial charge in [0, 0.05) is 35.1 Å². The predicted octanol–water partition coefficient (Wildman–Crippen LogP) is 3.94. The molecule has 0 fully saturated rings. The quantitative estimate of drug-likeness (QED) is 0.806. The van der Waals surface area contributed by atoms with Gasteiger partial charge in [-0.3, -0.25) is 0 Å². The molecule has 2 heteroatoms.